The van der Waals surface area contributed by atoms with E-state index in [2.05, 4.69) is 12.1 Å². The van der Waals surface area contributed by atoms with Crippen LogP contribution in [0.5, 0.6) is 0 Å². The summed E-state index contributed by atoms with van der Waals surface area (Å²) in [6.45, 7) is 3.43. The Bertz CT molecular complexity index is 611. The normalized spacial score (nSPS) is 10.1. The Labute approximate surface area is 129 Å². The molecule has 1 aromatic heterocycles. The minimum absolute atomic E-state index is 0.176. The fourth-order valence-corrected chi connectivity index (χ4v) is 2.84. The molecule has 4 heteroatoms. The summed E-state index contributed by atoms with van der Waals surface area (Å²) < 4.78 is 0. The second-order valence-electron chi connectivity index (χ2n) is 4.80. The fourth-order valence-electron chi connectivity index (χ4n) is 2.12. The lowest BCUT2D eigenvalue weighted by molar-refractivity contribution is -0.131. The Morgan fingerprint density at radius 3 is 2.62 bits per heavy atom. The molecule has 0 atom stereocenters. The Kier molecular flexibility index (Phi) is 5.53. The number of aryl methyl sites for hydroxylation is 1. The SMILES string of the molecule is CCN(Cc1cccs1)C(=O)CCc1ccc(C#N)cc1. The monoisotopic (exact) mass is 298 g/mol. The average molecular weight is 298 g/mol. The molecule has 0 aliphatic heterocycles. The van der Waals surface area contributed by atoms with E-state index in [0.717, 1.165) is 12.1 Å². The number of amides is 1. The lowest BCUT2D eigenvalue weighted by Crippen LogP contribution is -2.30. The molecule has 0 aliphatic rings. The van der Waals surface area contributed by atoms with Crippen molar-refractivity contribution in [3.63, 3.8) is 0 Å². The van der Waals surface area contributed by atoms with Crippen molar-refractivity contribution in [2.75, 3.05) is 6.54 Å². The van der Waals surface area contributed by atoms with Crippen molar-refractivity contribution in [2.24, 2.45) is 0 Å². The number of carbonyl (C=O) groups is 1. The van der Waals surface area contributed by atoms with Crippen LogP contribution in [0, 0.1) is 11.3 Å². The molecule has 0 saturated heterocycles. The number of hydrogen-bond acceptors (Lipinski definition) is 3. The first-order chi connectivity index (χ1) is 10.2. The molecule has 3 nitrogen and oxygen atoms in total. The molecule has 0 radical (unpaired) electrons. The molecule has 1 aromatic carbocycles. The highest BCUT2D eigenvalue weighted by Crippen LogP contribution is 2.13. The van der Waals surface area contributed by atoms with Gasteiger partial charge in [-0.1, -0.05) is 18.2 Å². The largest absolute Gasteiger partial charge is 0.338 e. The lowest BCUT2D eigenvalue weighted by atomic mass is 10.1. The zero-order valence-electron chi connectivity index (χ0n) is 12.1. The van der Waals surface area contributed by atoms with Gasteiger partial charge in [0.1, 0.15) is 0 Å². The van der Waals surface area contributed by atoms with Gasteiger partial charge in [0.25, 0.3) is 0 Å². The van der Waals surface area contributed by atoms with Crippen LogP contribution in [-0.4, -0.2) is 17.4 Å². The minimum Gasteiger partial charge on any atom is -0.338 e. The van der Waals surface area contributed by atoms with E-state index >= 15 is 0 Å². The zero-order chi connectivity index (χ0) is 15.1. The van der Waals surface area contributed by atoms with Crippen LogP contribution in [-0.2, 0) is 17.8 Å². The van der Waals surface area contributed by atoms with Crippen molar-refractivity contribution >= 4 is 17.2 Å². The Hall–Kier alpha value is -2.12. The fraction of sp³-hybridized carbons (Fsp3) is 0.294. The molecule has 0 bridgehead atoms. The topological polar surface area (TPSA) is 44.1 Å². The smallest absolute Gasteiger partial charge is 0.223 e. The van der Waals surface area contributed by atoms with Crippen LogP contribution in [0.25, 0.3) is 0 Å². The Morgan fingerprint density at radius 2 is 2.05 bits per heavy atom. The van der Waals surface area contributed by atoms with Gasteiger partial charge >= 0.3 is 0 Å². The molecule has 0 unspecified atom stereocenters. The van der Waals surface area contributed by atoms with Gasteiger partial charge in [-0.15, -0.1) is 11.3 Å². The van der Waals surface area contributed by atoms with Gasteiger partial charge in [-0.25, -0.2) is 0 Å². The zero-order valence-corrected chi connectivity index (χ0v) is 12.9. The molecule has 2 rings (SSSR count). The van der Waals surface area contributed by atoms with Crippen LogP contribution >= 0.6 is 11.3 Å². The van der Waals surface area contributed by atoms with Gasteiger partial charge in [0, 0.05) is 17.8 Å². The quantitative estimate of drug-likeness (QED) is 0.818. The summed E-state index contributed by atoms with van der Waals surface area (Å²) in [5, 5.41) is 10.8. The first-order valence-electron chi connectivity index (χ1n) is 7.02. The molecular weight excluding hydrogens is 280 g/mol. The Morgan fingerprint density at radius 1 is 1.29 bits per heavy atom. The van der Waals surface area contributed by atoms with Crippen molar-refractivity contribution in [1.29, 1.82) is 5.26 Å². The number of rotatable bonds is 6. The van der Waals surface area contributed by atoms with E-state index in [-0.39, 0.29) is 5.91 Å². The van der Waals surface area contributed by atoms with Gasteiger partial charge in [-0.3, -0.25) is 4.79 Å². The number of benzene rings is 1. The average Bonchev–Trinajstić information content (AvgIpc) is 3.03. The molecule has 0 saturated carbocycles. The minimum atomic E-state index is 0.176. The van der Waals surface area contributed by atoms with Crippen molar-refractivity contribution in [1.82, 2.24) is 4.90 Å². The highest BCUT2D eigenvalue weighted by Gasteiger charge is 2.12. The molecule has 0 fully saturated rings. The van der Waals surface area contributed by atoms with Crippen LogP contribution in [0.1, 0.15) is 29.3 Å². The molecule has 0 aliphatic carbocycles. The number of nitrogens with zero attached hydrogens (tertiary/aromatic N) is 2. The third-order valence-corrected chi connectivity index (χ3v) is 4.23. The highest BCUT2D eigenvalue weighted by molar-refractivity contribution is 7.09. The molecule has 1 amide bonds. The van der Waals surface area contributed by atoms with Gasteiger partial charge in [0.05, 0.1) is 18.2 Å². The van der Waals surface area contributed by atoms with Gasteiger partial charge in [0.15, 0.2) is 0 Å². The Balaban J connectivity index is 1.88. The van der Waals surface area contributed by atoms with E-state index in [9.17, 15) is 4.79 Å². The third-order valence-electron chi connectivity index (χ3n) is 3.37. The van der Waals surface area contributed by atoms with Crippen LogP contribution in [0.3, 0.4) is 0 Å². The predicted molar refractivity (Wildman–Crippen MR) is 84.9 cm³/mol. The van der Waals surface area contributed by atoms with Gasteiger partial charge in [0.2, 0.25) is 5.91 Å². The van der Waals surface area contributed by atoms with Gasteiger partial charge in [-0.05, 0) is 42.5 Å². The van der Waals surface area contributed by atoms with Gasteiger partial charge < -0.3 is 4.90 Å². The predicted octanol–water partition coefficient (Wildman–Crippen LogP) is 3.60. The summed E-state index contributed by atoms with van der Waals surface area (Å²) >= 11 is 1.68. The molecule has 0 N–H and O–H groups in total. The van der Waals surface area contributed by atoms with E-state index in [0.29, 0.717) is 24.9 Å². The van der Waals surface area contributed by atoms with Crippen LogP contribution in [0.15, 0.2) is 41.8 Å². The maximum atomic E-state index is 12.3. The van der Waals surface area contributed by atoms with E-state index in [1.165, 1.54) is 4.88 Å². The van der Waals surface area contributed by atoms with Crippen molar-refractivity contribution in [3.05, 3.63) is 57.8 Å². The molecule has 1 heterocycles. The van der Waals surface area contributed by atoms with Crippen LogP contribution in [0.4, 0.5) is 0 Å². The second kappa shape index (κ2) is 7.61. The van der Waals surface area contributed by atoms with Crippen LogP contribution in [0.2, 0.25) is 0 Å². The van der Waals surface area contributed by atoms with Gasteiger partial charge in [-0.2, -0.15) is 5.26 Å². The summed E-state index contributed by atoms with van der Waals surface area (Å²) in [6.07, 6.45) is 1.22. The van der Waals surface area contributed by atoms with E-state index < -0.39 is 0 Å². The summed E-state index contributed by atoms with van der Waals surface area (Å²) in [4.78, 5) is 15.4. The third kappa shape index (κ3) is 4.44. The molecule has 2 aromatic rings. The summed E-state index contributed by atoms with van der Waals surface area (Å²) in [6, 6.07) is 13.6. The summed E-state index contributed by atoms with van der Waals surface area (Å²) in [7, 11) is 0. The maximum Gasteiger partial charge on any atom is 0.223 e. The number of carbonyl (C=O) groups excluding carboxylic acids is 1. The summed E-state index contributed by atoms with van der Waals surface area (Å²) in [5.41, 5.74) is 1.74. The van der Waals surface area contributed by atoms with E-state index in [1.807, 2.05) is 35.4 Å². The molecule has 0 spiro atoms. The highest BCUT2D eigenvalue weighted by atomic mass is 32.1. The van der Waals surface area contributed by atoms with Crippen LogP contribution < -0.4 is 0 Å². The summed E-state index contributed by atoms with van der Waals surface area (Å²) in [5.74, 6) is 0.176. The van der Waals surface area contributed by atoms with E-state index in [1.54, 1.807) is 23.5 Å². The maximum absolute atomic E-state index is 12.3. The second-order valence-corrected chi connectivity index (χ2v) is 5.83. The lowest BCUT2D eigenvalue weighted by Gasteiger charge is -2.20. The van der Waals surface area contributed by atoms with Crippen molar-refractivity contribution < 1.29 is 4.79 Å². The first-order valence-corrected chi connectivity index (χ1v) is 7.90. The van der Waals surface area contributed by atoms with Crippen molar-refractivity contribution in [3.8, 4) is 6.07 Å². The molecule has 108 valence electrons. The first kappa shape index (κ1) is 15.3. The number of nitriles is 1. The van der Waals surface area contributed by atoms with Crippen molar-refractivity contribution in [2.45, 2.75) is 26.3 Å². The molecular formula is C17H18N2OS. The number of thiophene rings is 1. The van der Waals surface area contributed by atoms with E-state index in [4.69, 9.17) is 5.26 Å². The standard InChI is InChI=1S/C17H18N2OS/c1-2-19(13-16-4-3-11-21-16)17(20)10-9-14-5-7-15(12-18)8-6-14/h3-8,11H,2,9-10,13H2,1H3. The number of hydrogen-bond donors (Lipinski definition) is 0. The molecule has 21 heavy (non-hydrogen) atoms.